The molecule has 56 valence electrons. The highest BCUT2D eigenvalue weighted by atomic mass is 127. The maximum absolute atomic E-state index is 4.05. The molecule has 0 fully saturated rings. The third-order valence-corrected chi connectivity index (χ3v) is 1.88. The largest absolute Gasteiger partial charge is 0.276 e. The summed E-state index contributed by atoms with van der Waals surface area (Å²) < 4.78 is 1.02. The van der Waals surface area contributed by atoms with Crippen molar-refractivity contribution in [3.8, 4) is 11.4 Å². The van der Waals surface area contributed by atoms with Crippen molar-refractivity contribution < 1.29 is 0 Å². The number of nitrogens with one attached hydrogen (secondary N) is 2. The second kappa shape index (κ2) is 2.65. The van der Waals surface area contributed by atoms with Gasteiger partial charge in [0.25, 0.3) is 0 Å². The molecule has 0 amide bonds. The van der Waals surface area contributed by atoms with E-state index in [1.54, 1.807) is 6.20 Å². The molecule has 0 saturated heterocycles. The Morgan fingerprint density at radius 2 is 2.27 bits per heavy atom. The van der Waals surface area contributed by atoms with Gasteiger partial charge in [-0.15, -0.1) is 0 Å². The summed E-state index contributed by atoms with van der Waals surface area (Å²) in [5.41, 5.74) is 1.83. The number of aromatic amines is 2. The smallest absolute Gasteiger partial charge is 0.111 e. The molecule has 2 heterocycles. The summed E-state index contributed by atoms with van der Waals surface area (Å²) in [5.74, 6) is 0. The second-order valence-electron chi connectivity index (χ2n) is 2.07. The monoisotopic (exact) mass is 260 g/mol. The van der Waals surface area contributed by atoms with Crippen LogP contribution in [0.1, 0.15) is 0 Å². The lowest BCUT2D eigenvalue weighted by molar-refractivity contribution is 1.05. The minimum atomic E-state index is 0.895. The summed E-state index contributed by atoms with van der Waals surface area (Å²) in [5, 5.41) is 13.6. The highest BCUT2D eigenvalue weighted by Gasteiger charge is 2.01. The Labute approximate surface area is 76.5 Å². The van der Waals surface area contributed by atoms with Crippen LogP contribution in [0.2, 0.25) is 0 Å². The molecule has 0 aliphatic carbocycles. The van der Waals surface area contributed by atoms with E-state index in [0.29, 0.717) is 0 Å². The maximum Gasteiger partial charge on any atom is 0.111 e. The normalized spacial score (nSPS) is 10.3. The van der Waals surface area contributed by atoms with Gasteiger partial charge in [-0.1, -0.05) is 0 Å². The van der Waals surface area contributed by atoms with Crippen molar-refractivity contribution in [1.29, 1.82) is 0 Å². The minimum Gasteiger partial charge on any atom is -0.276 e. The highest BCUT2D eigenvalue weighted by Crippen LogP contribution is 2.14. The van der Waals surface area contributed by atoms with Crippen LogP contribution in [-0.4, -0.2) is 20.4 Å². The predicted octanol–water partition coefficient (Wildman–Crippen LogP) is 1.40. The lowest BCUT2D eigenvalue weighted by Crippen LogP contribution is -1.76. The SMILES string of the molecule is Ic1cc(-c2ccn[nH]2)n[nH]1. The van der Waals surface area contributed by atoms with Gasteiger partial charge in [0.1, 0.15) is 5.69 Å². The maximum atomic E-state index is 4.05. The number of nitrogens with zero attached hydrogens (tertiary/aromatic N) is 2. The zero-order valence-corrected chi connectivity index (χ0v) is 7.66. The van der Waals surface area contributed by atoms with E-state index >= 15 is 0 Å². The van der Waals surface area contributed by atoms with Crippen molar-refractivity contribution in [3.63, 3.8) is 0 Å². The average Bonchev–Trinajstić information content (AvgIpc) is 2.55. The fourth-order valence-corrected chi connectivity index (χ4v) is 1.25. The van der Waals surface area contributed by atoms with Crippen molar-refractivity contribution in [2.75, 3.05) is 0 Å². The number of hydrogen-bond donors (Lipinski definition) is 2. The lowest BCUT2D eigenvalue weighted by atomic mass is 10.3. The molecular formula is C6H5IN4. The molecule has 2 N–H and O–H groups in total. The van der Waals surface area contributed by atoms with Gasteiger partial charge in [-0.25, -0.2) is 0 Å². The van der Waals surface area contributed by atoms with Crippen LogP contribution in [0.5, 0.6) is 0 Å². The third kappa shape index (κ3) is 1.28. The zero-order chi connectivity index (χ0) is 7.68. The van der Waals surface area contributed by atoms with E-state index in [0.717, 1.165) is 15.1 Å². The Morgan fingerprint density at radius 1 is 1.36 bits per heavy atom. The van der Waals surface area contributed by atoms with Gasteiger partial charge in [0.05, 0.1) is 9.39 Å². The van der Waals surface area contributed by atoms with Crippen molar-refractivity contribution >= 4 is 22.6 Å². The Kier molecular flexibility index (Phi) is 1.65. The first-order valence-electron chi connectivity index (χ1n) is 3.07. The minimum absolute atomic E-state index is 0.895. The standard InChI is InChI=1S/C6H5IN4/c7-6-3-5(10-11-6)4-1-2-8-9-4/h1-3H,(H,8,9)(H,10,11). The predicted molar refractivity (Wildman–Crippen MR) is 48.9 cm³/mol. The van der Waals surface area contributed by atoms with Crippen LogP contribution in [0.15, 0.2) is 18.3 Å². The summed E-state index contributed by atoms with van der Waals surface area (Å²) >= 11 is 2.17. The Hall–Kier alpha value is -0.850. The average molecular weight is 260 g/mol. The first-order valence-corrected chi connectivity index (χ1v) is 4.15. The van der Waals surface area contributed by atoms with Gasteiger partial charge in [0.2, 0.25) is 0 Å². The Morgan fingerprint density at radius 3 is 2.82 bits per heavy atom. The number of halogens is 1. The fraction of sp³-hybridized carbons (Fsp3) is 0. The molecule has 2 rings (SSSR count). The van der Waals surface area contributed by atoms with E-state index in [1.165, 1.54) is 0 Å². The van der Waals surface area contributed by atoms with E-state index < -0.39 is 0 Å². The van der Waals surface area contributed by atoms with Crippen LogP contribution in [0, 0.1) is 3.70 Å². The number of rotatable bonds is 1. The van der Waals surface area contributed by atoms with E-state index in [-0.39, 0.29) is 0 Å². The third-order valence-electron chi connectivity index (χ3n) is 1.32. The molecule has 0 unspecified atom stereocenters. The van der Waals surface area contributed by atoms with Crippen LogP contribution < -0.4 is 0 Å². The van der Waals surface area contributed by atoms with E-state index in [1.807, 2.05) is 12.1 Å². The number of H-pyrrole nitrogens is 2. The molecule has 5 heteroatoms. The molecule has 0 spiro atoms. The van der Waals surface area contributed by atoms with E-state index in [2.05, 4.69) is 43.0 Å². The van der Waals surface area contributed by atoms with Crippen molar-refractivity contribution in [1.82, 2.24) is 20.4 Å². The summed E-state index contributed by atoms with van der Waals surface area (Å²) in [4.78, 5) is 0. The molecule has 11 heavy (non-hydrogen) atoms. The van der Waals surface area contributed by atoms with Crippen LogP contribution in [0.25, 0.3) is 11.4 Å². The lowest BCUT2D eigenvalue weighted by Gasteiger charge is -1.83. The topological polar surface area (TPSA) is 57.4 Å². The first kappa shape index (κ1) is 6.84. The molecule has 0 aromatic carbocycles. The molecule has 0 radical (unpaired) electrons. The molecule has 2 aromatic rings. The van der Waals surface area contributed by atoms with Crippen molar-refractivity contribution in [3.05, 3.63) is 22.0 Å². The second-order valence-corrected chi connectivity index (χ2v) is 3.23. The Balaban J connectivity index is 2.45. The molecule has 0 aliphatic rings. The van der Waals surface area contributed by atoms with Gasteiger partial charge in [-0.3, -0.25) is 10.2 Å². The molecule has 2 aromatic heterocycles. The summed E-state index contributed by atoms with van der Waals surface area (Å²) in [6.45, 7) is 0. The van der Waals surface area contributed by atoms with Gasteiger partial charge in [-0.05, 0) is 34.7 Å². The Bertz CT molecular complexity index is 337. The van der Waals surface area contributed by atoms with Gasteiger partial charge < -0.3 is 0 Å². The van der Waals surface area contributed by atoms with Crippen LogP contribution >= 0.6 is 22.6 Å². The summed E-state index contributed by atoms with van der Waals surface area (Å²) in [7, 11) is 0. The molecule has 0 aliphatic heterocycles. The van der Waals surface area contributed by atoms with Gasteiger partial charge in [0.15, 0.2) is 0 Å². The molecule has 0 atom stereocenters. The molecule has 4 nitrogen and oxygen atoms in total. The zero-order valence-electron chi connectivity index (χ0n) is 5.50. The van der Waals surface area contributed by atoms with Crippen molar-refractivity contribution in [2.24, 2.45) is 0 Å². The van der Waals surface area contributed by atoms with E-state index in [4.69, 9.17) is 0 Å². The highest BCUT2D eigenvalue weighted by molar-refractivity contribution is 14.1. The summed E-state index contributed by atoms with van der Waals surface area (Å²) in [6, 6.07) is 3.83. The number of aromatic nitrogens is 4. The first-order chi connectivity index (χ1) is 5.36. The van der Waals surface area contributed by atoms with Gasteiger partial charge >= 0.3 is 0 Å². The van der Waals surface area contributed by atoms with Crippen molar-refractivity contribution in [2.45, 2.75) is 0 Å². The quantitative estimate of drug-likeness (QED) is 0.761. The number of hydrogen-bond acceptors (Lipinski definition) is 2. The van der Waals surface area contributed by atoms with Gasteiger partial charge in [0, 0.05) is 6.20 Å². The van der Waals surface area contributed by atoms with Crippen LogP contribution in [0.4, 0.5) is 0 Å². The molecule has 0 saturated carbocycles. The van der Waals surface area contributed by atoms with E-state index in [9.17, 15) is 0 Å². The van der Waals surface area contributed by atoms with Crippen LogP contribution in [-0.2, 0) is 0 Å². The fourth-order valence-electron chi connectivity index (χ4n) is 0.835. The van der Waals surface area contributed by atoms with Gasteiger partial charge in [-0.2, -0.15) is 10.2 Å². The van der Waals surface area contributed by atoms with Crippen LogP contribution in [0.3, 0.4) is 0 Å². The summed E-state index contributed by atoms with van der Waals surface area (Å²) in [6.07, 6.45) is 1.71. The molecular weight excluding hydrogens is 255 g/mol. The molecule has 0 bridgehead atoms.